The molecule has 1 saturated carbocycles. The Balaban J connectivity index is 1.78. The number of carbonyl (C=O) groups is 1. The highest BCUT2D eigenvalue weighted by Gasteiger charge is 2.20. The lowest BCUT2D eigenvalue weighted by atomic mass is 10.0. The molecule has 1 aliphatic carbocycles. The van der Waals surface area contributed by atoms with Crippen LogP contribution in [0.1, 0.15) is 31.2 Å². The molecule has 6 heteroatoms. The highest BCUT2D eigenvalue weighted by Crippen LogP contribution is 2.33. The summed E-state index contributed by atoms with van der Waals surface area (Å²) in [5.41, 5.74) is 3.82. The fraction of sp³-hybridized carbons (Fsp3) is 0.280. The Hall–Kier alpha value is -3.25. The third kappa shape index (κ3) is 4.75. The topological polar surface area (TPSA) is 59.0 Å². The number of benzene rings is 2. The molecule has 2 aromatic carbocycles. The predicted octanol–water partition coefficient (Wildman–Crippen LogP) is 4.83. The molecule has 31 heavy (non-hydrogen) atoms. The van der Waals surface area contributed by atoms with E-state index in [1.807, 2.05) is 48.1 Å². The van der Waals surface area contributed by atoms with Crippen LogP contribution in [-0.4, -0.2) is 35.7 Å². The van der Waals surface area contributed by atoms with Crippen LogP contribution in [0.15, 0.2) is 60.2 Å². The van der Waals surface area contributed by atoms with Gasteiger partial charge in [-0.2, -0.15) is 5.10 Å². The summed E-state index contributed by atoms with van der Waals surface area (Å²) in [5, 5.41) is 11.6. The average molecular weight is 419 g/mol. The number of nitrogens with one attached hydrogen (secondary N) is 2. The molecule has 0 unspecified atom stereocenters. The van der Waals surface area contributed by atoms with Crippen molar-refractivity contribution in [2.24, 2.45) is 0 Å². The van der Waals surface area contributed by atoms with Gasteiger partial charge in [0.2, 0.25) is 0 Å². The largest absolute Gasteiger partial charge is 0.373 e. The first-order chi connectivity index (χ1) is 15.2. The fourth-order valence-corrected chi connectivity index (χ4v) is 4.09. The first-order valence-electron chi connectivity index (χ1n) is 10.7. The molecule has 160 valence electrons. The van der Waals surface area contributed by atoms with Gasteiger partial charge in [-0.15, -0.1) is 0 Å². The Labute approximate surface area is 182 Å². The normalized spacial score (nSPS) is 14.7. The number of anilines is 1. The molecule has 1 aliphatic rings. The van der Waals surface area contributed by atoms with Crippen molar-refractivity contribution in [3.05, 3.63) is 71.6 Å². The van der Waals surface area contributed by atoms with Crippen LogP contribution < -0.4 is 10.6 Å². The van der Waals surface area contributed by atoms with Crippen molar-refractivity contribution in [2.45, 2.75) is 31.7 Å². The number of hydrogen-bond donors (Lipinski definition) is 2. The summed E-state index contributed by atoms with van der Waals surface area (Å²) in [6.07, 6.45) is 7.56. The van der Waals surface area contributed by atoms with Crippen LogP contribution in [0.25, 0.3) is 23.0 Å². The molecule has 1 heterocycles. The molecule has 0 saturated heterocycles. The van der Waals surface area contributed by atoms with Crippen LogP contribution in [0, 0.1) is 5.82 Å². The quantitative estimate of drug-likeness (QED) is 0.406. The van der Waals surface area contributed by atoms with Gasteiger partial charge in [0.05, 0.1) is 5.69 Å². The summed E-state index contributed by atoms with van der Waals surface area (Å²) in [6, 6.07) is 16.5. The summed E-state index contributed by atoms with van der Waals surface area (Å²) in [7, 11) is 1.83. The van der Waals surface area contributed by atoms with E-state index < -0.39 is 0 Å². The molecule has 4 rings (SSSR count). The summed E-state index contributed by atoms with van der Waals surface area (Å²) in [5.74, 6) is 0.470. The molecule has 0 atom stereocenters. The van der Waals surface area contributed by atoms with E-state index in [0.717, 1.165) is 41.8 Å². The first kappa shape index (κ1) is 21.0. The van der Waals surface area contributed by atoms with E-state index in [2.05, 4.69) is 10.6 Å². The molecule has 0 bridgehead atoms. The van der Waals surface area contributed by atoms with Gasteiger partial charge in [-0.3, -0.25) is 4.79 Å². The van der Waals surface area contributed by atoms with E-state index in [4.69, 9.17) is 5.10 Å². The van der Waals surface area contributed by atoms with Crippen LogP contribution in [0.2, 0.25) is 0 Å². The van der Waals surface area contributed by atoms with Crippen molar-refractivity contribution in [2.75, 3.05) is 18.9 Å². The van der Waals surface area contributed by atoms with Crippen LogP contribution in [-0.2, 0) is 4.79 Å². The minimum absolute atomic E-state index is 0.300. The summed E-state index contributed by atoms with van der Waals surface area (Å²) >= 11 is 0. The van der Waals surface area contributed by atoms with E-state index in [9.17, 15) is 9.18 Å². The molecule has 5 nitrogen and oxygen atoms in total. The maximum Gasteiger partial charge on any atom is 0.147 e. The first-order valence-corrected chi connectivity index (χ1v) is 10.7. The number of hydrogen-bond acceptors (Lipinski definition) is 4. The van der Waals surface area contributed by atoms with Crippen molar-refractivity contribution >= 4 is 18.2 Å². The molecule has 1 aromatic heterocycles. The van der Waals surface area contributed by atoms with Crippen LogP contribution in [0.5, 0.6) is 0 Å². The van der Waals surface area contributed by atoms with Gasteiger partial charge in [-0.1, -0.05) is 31.0 Å². The second kappa shape index (κ2) is 9.71. The predicted molar refractivity (Wildman–Crippen MR) is 123 cm³/mol. The number of rotatable bonds is 8. The lowest BCUT2D eigenvalue weighted by molar-refractivity contribution is -0.104. The zero-order valence-corrected chi connectivity index (χ0v) is 17.6. The van der Waals surface area contributed by atoms with Crippen molar-refractivity contribution in [1.82, 2.24) is 15.1 Å². The Kier molecular flexibility index (Phi) is 6.57. The maximum absolute atomic E-state index is 13.5. The lowest BCUT2D eigenvalue weighted by Crippen LogP contribution is -2.28. The second-order valence-electron chi connectivity index (χ2n) is 7.81. The Bertz CT molecular complexity index is 1050. The van der Waals surface area contributed by atoms with Crippen molar-refractivity contribution in [1.29, 1.82) is 0 Å². The van der Waals surface area contributed by atoms with E-state index in [-0.39, 0.29) is 5.82 Å². The maximum atomic E-state index is 13.5. The van der Waals surface area contributed by atoms with Gasteiger partial charge >= 0.3 is 0 Å². The molecule has 3 aromatic rings. The number of aromatic nitrogens is 2. The number of aldehydes is 1. The number of para-hydroxylation sites is 1. The van der Waals surface area contributed by atoms with E-state index >= 15 is 0 Å². The van der Waals surface area contributed by atoms with E-state index in [0.29, 0.717) is 23.9 Å². The van der Waals surface area contributed by atoms with Gasteiger partial charge in [0.25, 0.3) is 0 Å². The molecule has 0 aliphatic heterocycles. The van der Waals surface area contributed by atoms with E-state index in [1.165, 1.54) is 25.0 Å². The number of carbonyl (C=O) groups excluding carboxylic acids is 1. The molecule has 0 radical (unpaired) electrons. The Morgan fingerprint density at radius 1 is 1.13 bits per heavy atom. The zero-order chi connectivity index (χ0) is 21.6. The molecule has 0 spiro atoms. The highest BCUT2D eigenvalue weighted by molar-refractivity contribution is 5.89. The fourth-order valence-electron chi connectivity index (χ4n) is 4.09. The van der Waals surface area contributed by atoms with Crippen molar-refractivity contribution in [3.63, 3.8) is 0 Å². The monoisotopic (exact) mass is 418 g/mol. The molecular formula is C25H27FN4O. The van der Waals surface area contributed by atoms with Gasteiger partial charge in [-0.05, 0) is 55.3 Å². The van der Waals surface area contributed by atoms with Gasteiger partial charge in [0.15, 0.2) is 0 Å². The molecule has 2 N–H and O–H groups in total. The van der Waals surface area contributed by atoms with Crippen molar-refractivity contribution < 1.29 is 9.18 Å². The second-order valence-corrected chi connectivity index (χ2v) is 7.81. The minimum atomic E-state index is -0.300. The molecular weight excluding hydrogens is 391 g/mol. The van der Waals surface area contributed by atoms with Gasteiger partial charge in [0, 0.05) is 36.3 Å². The van der Waals surface area contributed by atoms with Crippen LogP contribution in [0.3, 0.4) is 0 Å². The summed E-state index contributed by atoms with van der Waals surface area (Å²) in [4.78, 5) is 11.9. The Morgan fingerprint density at radius 2 is 1.84 bits per heavy atom. The Morgan fingerprint density at radius 3 is 2.48 bits per heavy atom. The molecule has 1 fully saturated rings. The van der Waals surface area contributed by atoms with Crippen LogP contribution >= 0.6 is 0 Å². The summed E-state index contributed by atoms with van der Waals surface area (Å²) in [6.45, 7) is 0.511. The van der Waals surface area contributed by atoms with Crippen molar-refractivity contribution in [3.8, 4) is 16.9 Å². The highest BCUT2D eigenvalue weighted by atomic mass is 19.1. The van der Waals surface area contributed by atoms with Gasteiger partial charge < -0.3 is 10.6 Å². The zero-order valence-electron chi connectivity index (χ0n) is 17.6. The van der Waals surface area contributed by atoms with E-state index in [1.54, 1.807) is 12.1 Å². The summed E-state index contributed by atoms with van der Waals surface area (Å²) < 4.78 is 15.3. The van der Waals surface area contributed by atoms with Crippen LogP contribution in [0.4, 0.5) is 10.2 Å². The third-order valence-electron chi connectivity index (χ3n) is 5.71. The average Bonchev–Trinajstić information content (AvgIpc) is 3.45. The van der Waals surface area contributed by atoms with Gasteiger partial charge in [-0.25, -0.2) is 9.07 Å². The lowest BCUT2D eigenvalue weighted by Gasteiger charge is -2.12. The minimum Gasteiger partial charge on any atom is -0.373 e. The number of nitrogens with zero attached hydrogens (tertiary/aromatic N) is 2. The third-order valence-corrected chi connectivity index (χ3v) is 5.71. The molecule has 0 amide bonds. The van der Waals surface area contributed by atoms with Gasteiger partial charge in [0.1, 0.15) is 23.6 Å². The standard InChI is InChI=1S/C25H27FN4O/c1-27-25-23(15-18(17-31)16-28-21-7-5-6-8-21)24(19-11-13-20(26)14-12-19)29-30(25)22-9-3-2-4-10-22/h2-4,9-15,17,21,27-28H,5-8,16H2,1H3/b18-15-. The smallest absolute Gasteiger partial charge is 0.147 e. The number of halogens is 1. The SMILES string of the molecule is CNc1c(/C=C(\C=O)CNC2CCCC2)c(-c2ccc(F)cc2)nn1-c1ccccc1.